The molecule has 0 unspecified atom stereocenters. The fraction of sp³-hybridized carbons (Fsp3) is 0.318. The number of benzene rings is 2. The number of imide groups is 1. The van der Waals surface area contributed by atoms with Gasteiger partial charge in [0.25, 0.3) is 5.91 Å². The van der Waals surface area contributed by atoms with Crippen molar-refractivity contribution in [1.82, 2.24) is 10.2 Å². The Kier molecular flexibility index (Phi) is 6.92. The van der Waals surface area contributed by atoms with Crippen LogP contribution in [-0.2, 0) is 26.0 Å². The lowest BCUT2D eigenvalue weighted by atomic mass is 9.92. The molecule has 1 heterocycles. The van der Waals surface area contributed by atoms with Crippen molar-refractivity contribution in [3.8, 4) is 5.75 Å². The number of nitrogens with one attached hydrogen (secondary N) is 2. The molecule has 3 rings (SSSR count). The van der Waals surface area contributed by atoms with Crippen LogP contribution in [0, 0.1) is 0 Å². The summed E-state index contributed by atoms with van der Waals surface area (Å²) in [6, 6.07) is 10.3. The van der Waals surface area contributed by atoms with E-state index in [0.717, 1.165) is 18.2 Å². The number of hydrogen-bond donors (Lipinski definition) is 2. The normalized spacial score (nSPS) is 18.3. The lowest BCUT2D eigenvalue weighted by Gasteiger charge is -2.22. The van der Waals surface area contributed by atoms with Crippen LogP contribution >= 0.6 is 0 Å². The van der Waals surface area contributed by atoms with E-state index >= 15 is 0 Å². The van der Waals surface area contributed by atoms with Crippen molar-refractivity contribution >= 4 is 23.5 Å². The van der Waals surface area contributed by atoms with Crippen molar-refractivity contribution in [3.05, 3.63) is 59.7 Å². The van der Waals surface area contributed by atoms with E-state index in [4.69, 9.17) is 9.47 Å². The molecule has 2 aromatic rings. The summed E-state index contributed by atoms with van der Waals surface area (Å²) in [4.78, 5) is 38.7. The SMILES string of the molecule is COCCOc1ccc(C(F)(F)F)cc1NC(=O)CN1C(=O)N[C@](C)(c2ccccc2)C1=O. The monoisotopic (exact) mass is 465 g/mol. The summed E-state index contributed by atoms with van der Waals surface area (Å²) < 4.78 is 49.7. The summed E-state index contributed by atoms with van der Waals surface area (Å²) >= 11 is 0. The number of rotatable bonds is 8. The molecule has 1 atom stereocenters. The standard InChI is InChI=1S/C22H22F3N3O5/c1-21(14-6-4-3-5-7-14)19(30)28(20(31)27-21)13-18(29)26-16-12-15(22(23,24)25)8-9-17(16)33-11-10-32-2/h3-9,12H,10-11,13H2,1-2H3,(H,26,29)(H,27,31)/t21-/m1/s1. The molecule has 0 bridgehead atoms. The van der Waals surface area contributed by atoms with E-state index < -0.39 is 41.7 Å². The average Bonchev–Trinajstić information content (AvgIpc) is 2.98. The second-order valence-corrected chi connectivity index (χ2v) is 7.41. The smallest absolute Gasteiger partial charge is 0.416 e. The van der Waals surface area contributed by atoms with Gasteiger partial charge in [0, 0.05) is 7.11 Å². The third kappa shape index (κ3) is 5.25. The summed E-state index contributed by atoms with van der Waals surface area (Å²) in [6.07, 6.45) is -4.65. The highest BCUT2D eigenvalue weighted by Gasteiger charge is 2.49. The first-order valence-corrected chi connectivity index (χ1v) is 9.88. The Morgan fingerprint density at radius 3 is 2.45 bits per heavy atom. The zero-order valence-electron chi connectivity index (χ0n) is 17.9. The number of nitrogens with zero attached hydrogens (tertiary/aromatic N) is 1. The first-order valence-electron chi connectivity index (χ1n) is 9.88. The van der Waals surface area contributed by atoms with E-state index in [1.165, 1.54) is 14.0 Å². The van der Waals surface area contributed by atoms with Crippen LogP contribution in [0.15, 0.2) is 48.5 Å². The van der Waals surface area contributed by atoms with Gasteiger partial charge in [0.15, 0.2) is 0 Å². The van der Waals surface area contributed by atoms with Gasteiger partial charge in [-0.15, -0.1) is 0 Å². The van der Waals surface area contributed by atoms with Crippen LogP contribution in [0.2, 0.25) is 0 Å². The molecule has 1 aliphatic rings. The number of ether oxygens (including phenoxy) is 2. The number of halogens is 3. The molecule has 1 fully saturated rings. The Bertz CT molecular complexity index is 1050. The summed E-state index contributed by atoms with van der Waals surface area (Å²) in [6.45, 7) is 1.03. The predicted octanol–water partition coefficient (Wildman–Crippen LogP) is 3.14. The van der Waals surface area contributed by atoms with E-state index in [1.807, 2.05) is 0 Å². The van der Waals surface area contributed by atoms with Crippen LogP contribution in [0.3, 0.4) is 0 Å². The van der Waals surface area contributed by atoms with E-state index in [-0.39, 0.29) is 24.7 Å². The first kappa shape index (κ1) is 24.1. The van der Waals surface area contributed by atoms with Gasteiger partial charge in [0.2, 0.25) is 5.91 Å². The van der Waals surface area contributed by atoms with Gasteiger partial charge in [-0.2, -0.15) is 13.2 Å². The third-order valence-electron chi connectivity index (χ3n) is 5.05. The average molecular weight is 465 g/mol. The van der Waals surface area contributed by atoms with Gasteiger partial charge in [-0.3, -0.25) is 14.5 Å². The van der Waals surface area contributed by atoms with Crippen molar-refractivity contribution in [3.63, 3.8) is 0 Å². The Balaban J connectivity index is 1.78. The maximum absolute atomic E-state index is 13.1. The fourth-order valence-electron chi connectivity index (χ4n) is 3.31. The summed E-state index contributed by atoms with van der Waals surface area (Å²) in [7, 11) is 1.43. The molecule has 33 heavy (non-hydrogen) atoms. The van der Waals surface area contributed by atoms with Gasteiger partial charge >= 0.3 is 12.2 Å². The van der Waals surface area contributed by atoms with Crippen LogP contribution in [0.1, 0.15) is 18.1 Å². The highest BCUT2D eigenvalue weighted by molar-refractivity contribution is 6.10. The second kappa shape index (κ2) is 9.49. The number of alkyl halides is 3. The van der Waals surface area contributed by atoms with E-state index in [1.54, 1.807) is 30.3 Å². The van der Waals surface area contributed by atoms with E-state index in [0.29, 0.717) is 10.5 Å². The molecule has 8 nitrogen and oxygen atoms in total. The molecule has 176 valence electrons. The maximum atomic E-state index is 13.1. The van der Waals surface area contributed by atoms with Crippen LogP contribution in [0.5, 0.6) is 5.75 Å². The molecule has 11 heteroatoms. The van der Waals surface area contributed by atoms with E-state index in [9.17, 15) is 27.6 Å². The van der Waals surface area contributed by atoms with Crippen LogP contribution in [-0.4, -0.2) is 49.6 Å². The van der Waals surface area contributed by atoms with Crippen molar-refractivity contribution < 1.29 is 37.0 Å². The Morgan fingerprint density at radius 2 is 1.82 bits per heavy atom. The number of carbonyl (C=O) groups excluding carboxylic acids is 3. The van der Waals surface area contributed by atoms with E-state index in [2.05, 4.69) is 10.6 Å². The molecule has 0 spiro atoms. The third-order valence-corrected chi connectivity index (χ3v) is 5.05. The number of carbonyl (C=O) groups is 3. The number of methoxy groups -OCH3 is 1. The lowest BCUT2D eigenvalue weighted by Crippen LogP contribution is -2.42. The lowest BCUT2D eigenvalue weighted by molar-refractivity contribution is -0.137. The van der Waals surface area contributed by atoms with Crippen molar-refractivity contribution in [2.45, 2.75) is 18.6 Å². The minimum Gasteiger partial charge on any atom is -0.489 e. The van der Waals surface area contributed by atoms with Gasteiger partial charge in [-0.25, -0.2) is 4.79 Å². The molecule has 0 aliphatic carbocycles. The summed E-state index contributed by atoms with van der Waals surface area (Å²) in [5, 5.41) is 4.87. The van der Waals surface area contributed by atoms with Crippen LogP contribution < -0.4 is 15.4 Å². The zero-order chi connectivity index (χ0) is 24.2. The quantitative estimate of drug-likeness (QED) is 0.461. The minimum atomic E-state index is -4.65. The molecule has 0 radical (unpaired) electrons. The second-order valence-electron chi connectivity index (χ2n) is 7.41. The van der Waals surface area contributed by atoms with Crippen LogP contribution in [0.4, 0.5) is 23.7 Å². The van der Waals surface area contributed by atoms with Gasteiger partial charge in [0.1, 0.15) is 24.4 Å². The maximum Gasteiger partial charge on any atom is 0.416 e. The Morgan fingerprint density at radius 1 is 1.12 bits per heavy atom. The largest absolute Gasteiger partial charge is 0.489 e. The van der Waals surface area contributed by atoms with Crippen molar-refractivity contribution in [2.24, 2.45) is 0 Å². The van der Waals surface area contributed by atoms with Crippen LogP contribution in [0.25, 0.3) is 0 Å². The Labute approximate surface area is 187 Å². The number of urea groups is 1. The highest BCUT2D eigenvalue weighted by atomic mass is 19.4. The summed E-state index contributed by atoms with van der Waals surface area (Å²) in [5.74, 6) is -1.54. The first-order chi connectivity index (χ1) is 15.6. The molecule has 0 saturated carbocycles. The molecule has 2 aromatic carbocycles. The van der Waals surface area contributed by atoms with Gasteiger partial charge in [-0.05, 0) is 30.7 Å². The number of anilines is 1. The van der Waals surface area contributed by atoms with Gasteiger partial charge in [0.05, 0.1) is 17.9 Å². The van der Waals surface area contributed by atoms with Crippen molar-refractivity contribution in [2.75, 3.05) is 32.2 Å². The number of hydrogen-bond acceptors (Lipinski definition) is 5. The Hall–Kier alpha value is -3.60. The zero-order valence-corrected chi connectivity index (χ0v) is 17.9. The number of amides is 4. The topological polar surface area (TPSA) is 97.0 Å². The molecular weight excluding hydrogens is 443 g/mol. The summed E-state index contributed by atoms with van der Waals surface area (Å²) in [5.41, 5.74) is -2.09. The minimum absolute atomic E-state index is 0.0141. The molecule has 1 saturated heterocycles. The fourth-order valence-corrected chi connectivity index (χ4v) is 3.31. The molecule has 1 aliphatic heterocycles. The van der Waals surface area contributed by atoms with Crippen molar-refractivity contribution in [1.29, 1.82) is 0 Å². The molecular formula is C22H22F3N3O5. The van der Waals surface area contributed by atoms with Gasteiger partial charge < -0.3 is 20.1 Å². The molecule has 0 aromatic heterocycles. The molecule has 2 N–H and O–H groups in total. The van der Waals surface area contributed by atoms with Gasteiger partial charge in [-0.1, -0.05) is 30.3 Å². The highest BCUT2D eigenvalue weighted by Crippen LogP contribution is 2.35. The molecule has 4 amide bonds. The predicted molar refractivity (Wildman–Crippen MR) is 111 cm³/mol.